The second kappa shape index (κ2) is 7.97. The topological polar surface area (TPSA) is 80.2 Å². The van der Waals surface area contributed by atoms with E-state index in [1.165, 1.54) is 6.07 Å². The lowest BCUT2D eigenvalue weighted by atomic mass is 10.0. The minimum atomic E-state index is -4.46. The summed E-state index contributed by atoms with van der Waals surface area (Å²) in [6.45, 7) is 3.68. The fourth-order valence-electron chi connectivity index (χ4n) is 4.08. The standard InChI is InChI=1S/C21H24F3N5O2/c1-11-18-19(29(3)12(2)20(30)28-18)27-17(26-11)9-13-4-5-14(8-13)31-15-6-7-16(25-10-15)21(22,23)24/h6-7,10,12-14H,4-5,8-9H2,1-3H3,(H,28,30)/t12-,13-,14-/m0/s1. The number of hydrogen-bond acceptors (Lipinski definition) is 6. The van der Waals surface area contributed by atoms with Crippen LogP contribution in [0.5, 0.6) is 5.75 Å². The molecule has 0 unspecified atom stereocenters. The lowest BCUT2D eigenvalue weighted by Crippen LogP contribution is -2.45. The van der Waals surface area contributed by atoms with Crippen molar-refractivity contribution in [3.63, 3.8) is 0 Å². The summed E-state index contributed by atoms with van der Waals surface area (Å²) < 4.78 is 43.8. The maximum absolute atomic E-state index is 12.6. The second-order valence-corrected chi connectivity index (χ2v) is 8.20. The number of pyridine rings is 1. The van der Waals surface area contributed by atoms with Crippen molar-refractivity contribution in [2.75, 3.05) is 17.3 Å². The Hall–Kier alpha value is -2.91. The Bertz CT molecular complexity index is 980. The molecule has 4 rings (SSSR count). The lowest BCUT2D eigenvalue weighted by Gasteiger charge is -2.32. The summed E-state index contributed by atoms with van der Waals surface area (Å²) >= 11 is 0. The number of carbonyl (C=O) groups is 1. The average Bonchev–Trinajstić information content (AvgIpc) is 3.14. The largest absolute Gasteiger partial charge is 0.489 e. The molecule has 0 radical (unpaired) electrons. The van der Waals surface area contributed by atoms with Crippen LogP contribution in [0.4, 0.5) is 24.7 Å². The third kappa shape index (κ3) is 4.42. The van der Waals surface area contributed by atoms with Crippen molar-refractivity contribution in [3.8, 4) is 5.75 Å². The van der Waals surface area contributed by atoms with Crippen LogP contribution in [0.1, 0.15) is 43.4 Å². The summed E-state index contributed by atoms with van der Waals surface area (Å²) in [7, 11) is 1.84. The number of fused-ring (bicyclic) bond motifs is 1. The molecule has 0 bridgehead atoms. The van der Waals surface area contributed by atoms with E-state index in [1.54, 1.807) is 0 Å². The molecule has 3 heterocycles. The number of anilines is 2. The maximum atomic E-state index is 12.6. The molecular weight excluding hydrogens is 411 g/mol. The van der Waals surface area contributed by atoms with Gasteiger partial charge in [-0.1, -0.05) is 0 Å². The van der Waals surface area contributed by atoms with E-state index in [1.807, 2.05) is 25.8 Å². The van der Waals surface area contributed by atoms with Gasteiger partial charge in [0, 0.05) is 13.5 Å². The van der Waals surface area contributed by atoms with Crippen molar-refractivity contribution in [2.45, 2.75) is 57.9 Å². The Balaban J connectivity index is 1.40. The Morgan fingerprint density at radius 1 is 1.26 bits per heavy atom. The second-order valence-electron chi connectivity index (χ2n) is 8.20. The Morgan fingerprint density at radius 2 is 2.03 bits per heavy atom. The fraction of sp³-hybridized carbons (Fsp3) is 0.524. The van der Waals surface area contributed by atoms with Gasteiger partial charge in [-0.15, -0.1) is 0 Å². The number of nitrogens with zero attached hydrogens (tertiary/aromatic N) is 4. The van der Waals surface area contributed by atoms with E-state index < -0.39 is 11.9 Å². The highest BCUT2D eigenvalue weighted by Gasteiger charge is 2.33. The number of carbonyl (C=O) groups excluding carboxylic acids is 1. The van der Waals surface area contributed by atoms with Crippen LogP contribution in [-0.4, -0.2) is 40.1 Å². The van der Waals surface area contributed by atoms with Crippen molar-refractivity contribution < 1.29 is 22.7 Å². The van der Waals surface area contributed by atoms with Crippen molar-refractivity contribution >= 4 is 17.4 Å². The molecule has 1 amide bonds. The van der Waals surface area contributed by atoms with Gasteiger partial charge in [0.1, 0.15) is 29.0 Å². The molecule has 2 aromatic rings. The van der Waals surface area contributed by atoms with Crippen molar-refractivity contribution in [1.82, 2.24) is 15.0 Å². The number of halogens is 3. The van der Waals surface area contributed by atoms with Crippen LogP contribution in [0.2, 0.25) is 0 Å². The molecule has 2 aromatic heterocycles. The van der Waals surface area contributed by atoms with Gasteiger partial charge in [-0.25, -0.2) is 15.0 Å². The van der Waals surface area contributed by atoms with Gasteiger partial charge in [0.15, 0.2) is 5.82 Å². The zero-order valence-corrected chi connectivity index (χ0v) is 17.5. The van der Waals surface area contributed by atoms with Crippen molar-refractivity contribution in [2.24, 2.45) is 5.92 Å². The van der Waals surface area contributed by atoms with Crippen LogP contribution >= 0.6 is 0 Å². The summed E-state index contributed by atoms with van der Waals surface area (Å²) in [6, 6.07) is 1.93. The van der Waals surface area contributed by atoms with Crippen LogP contribution in [0.3, 0.4) is 0 Å². The Labute approximate surface area is 178 Å². The molecule has 31 heavy (non-hydrogen) atoms. The third-order valence-electron chi connectivity index (χ3n) is 5.95. The predicted octanol–water partition coefficient (Wildman–Crippen LogP) is 3.77. The molecule has 1 aliphatic carbocycles. The Morgan fingerprint density at radius 3 is 2.71 bits per heavy atom. The van der Waals surface area contributed by atoms with Crippen molar-refractivity contribution in [1.29, 1.82) is 0 Å². The first-order valence-electron chi connectivity index (χ1n) is 10.2. The number of likely N-dealkylation sites (N-methyl/N-ethyl adjacent to an activating group) is 1. The van der Waals surface area contributed by atoms with E-state index in [0.717, 1.165) is 43.0 Å². The highest BCUT2D eigenvalue weighted by Crippen LogP contribution is 2.35. The molecule has 10 heteroatoms. The minimum absolute atomic E-state index is 0.0794. The zero-order chi connectivity index (χ0) is 22.3. The molecular formula is C21H24F3N5O2. The van der Waals surface area contributed by atoms with Gasteiger partial charge in [0.05, 0.1) is 18.0 Å². The molecule has 7 nitrogen and oxygen atoms in total. The number of aryl methyl sites for hydroxylation is 1. The van der Waals surface area contributed by atoms with Crippen LogP contribution in [0.15, 0.2) is 18.3 Å². The molecule has 0 spiro atoms. The molecule has 166 valence electrons. The number of alkyl halides is 3. The van der Waals surface area contributed by atoms with Gasteiger partial charge < -0.3 is 15.0 Å². The fourth-order valence-corrected chi connectivity index (χ4v) is 4.08. The van der Waals surface area contributed by atoms with E-state index >= 15 is 0 Å². The van der Waals surface area contributed by atoms with Crippen LogP contribution in [0.25, 0.3) is 0 Å². The molecule has 1 fully saturated rings. The van der Waals surface area contributed by atoms with Gasteiger partial charge in [-0.3, -0.25) is 4.79 Å². The SMILES string of the molecule is Cc1nc(C[C@H]2CC[C@H](Oc3ccc(C(F)(F)F)nc3)C2)nc2c1NC(=O)[C@H](C)N2C. The molecule has 1 N–H and O–H groups in total. The number of nitrogens with one attached hydrogen (secondary N) is 1. The van der Waals surface area contributed by atoms with Gasteiger partial charge >= 0.3 is 6.18 Å². The third-order valence-corrected chi connectivity index (χ3v) is 5.95. The smallest absolute Gasteiger partial charge is 0.433 e. The number of ether oxygens (including phenoxy) is 1. The molecule has 0 aromatic carbocycles. The Kier molecular flexibility index (Phi) is 5.49. The number of rotatable bonds is 4. The minimum Gasteiger partial charge on any atom is -0.489 e. The molecule has 1 saturated carbocycles. The first kappa shape index (κ1) is 21.3. The molecule has 3 atom stereocenters. The highest BCUT2D eigenvalue weighted by molar-refractivity contribution is 6.02. The van der Waals surface area contributed by atoms with Gasteiger partial charge in [0.25, 0.3) is 0 Å². The summed E-state index contributed by atoms with van der Waals surface area (Å²) in [5, 5.41) is 2.87. The quantitative estimate of drug-likeness (QED) is 0.788. The maximum Gasteiger partial charge on any atom is 0.433 e. The summed E-state index contributed by atoms with van der Waals surface area (Å²) in [5.41, 5.74) is 0.449. The van der Waals surface area contributed by atoms with Gasteiger partial charge in [-0.2, -0.15) is 13.2 Å². The lowest BCUT2D eigenvalue weighted by molar-refractivity contribution is -0.141. The number of hydrogen-bond donors (Lipinski definition) is 1. The molecule has 2 aliphatic rings. The monoisotopic (exact) mass is 435 g/mol. The zero-order valence-electron chi connectivity index (χ0n) is 17.5. The first-order chi connectivity index (χ1) is 14.6. The summed E-state index contributed by atoms with van der Waals surface area (Å²) in [6.07, 6.45) is -0.247. The predicted molar refractivity (Wildman–Crippen MR) is 108 cm³/mol. The summed E-state index contributed by atoms with van der Waals surface area (Å²) in [4.78, 5) is 26.6. The molecule has 0 saturated heterocycles. The molecule has 1 aliphatic heterocycles. The van der Waals surface area contributed by atoms with E-state index in [-0.39, 0.29) is 18.1 Å². The number of amides is 1. The highest BCUT2D eigenvalue weighted by atomic mass is 19.4. The van der Waals surface area contributed by atoms with Crippen LogP contribution in [0, 0.1) is 12.8 Å². The average molecular weight is 435 g/mol. The van der Waals surface area contributed by atoms with E-state index in [0.29, 0.717) is 29.6 Å². The van der Waals surface area contributed by atoms with Gasteiger partial charge in [-0.05, 0) is 51.2 Å². The van der Waals surface area contributed by atoms with Crippen molar-refractivity contribution in [3.05, 3.63) is 35.5 Å². The first-order valence-corrected chi connectivity index (χ1v) is 10.2. The normalized spacial score (nSPS) is 23.5. The summed E-state index contributed by atoms with van der Waals surface area (Å²) in [5.74, 6) is 2.00. The van der Waals surface area contributed by atoms with Crippen LogP contribution < -0.4 is 15.0 Å². The van der Waals surface area contributed by atoms with E-state index in [2.05, 4.69) is 20.3 Å². The van der Waals surface area contributed by atoms with Gasteiger partial charge in [0.2, 0.25) is 5.91 Å². The van der Waals surface area contributed by atoms with E-state index in [4.69, 9.17) is 4.74 Å². The van der Waals surface area contributed by atoms with Crippen LogP contribution in [-0.2, 0) is 17.4 Å². The van der Waals surface area contributed by atoms with E-state index in [9.17, 15) is 18.0 Å². The number of aromatic nitrogens is 3.